The van der Waals surface area contributed by atoms with Crippen molar-refractivity contribution in [2.24, 2.45) is 0 Å². The Kier molecular flexibility index (Phi) is 8.67. The highest BCUT2D eigenvalue weighted by atomic mass is 35.5. The van der Waals surface area contributed by atoms with Gasteiger partial charge in [-0.05, 0) is 60.2 Å². The van der Waals surface area contributed by atoms with Gasteiger partial charge in [0.05, 0.1) is 17.8 Å². The number of imide groups is 2. The Morgan fingerprint density at radius 2 is 1.72 bits per heavy atom. The Labute approximate surface area is 239 Å². The van der Waals surface area contributed by atoms with E-state index in [9.17, 15) is 14.4 Å². The molecule has 1 aliphatic rings. The van der Waals surface area contributed by atoms with Gasteiger partial charge in [-0.3, -0.25) is 14.9 Å². The molecule has 8 nitrogen and oxygen atoms in total. The molecule has 1 N–H and O–H groups in total. The van der Waals surface area contributed by atoms with E-state index in [-0.39, 0.29) is 41.0 Å². The quantitative estimate of drug-likeness (QED) is 0.201. The van der Waals surface area contributed by atoms with Crippen LogP contribution in [-0.4, -0.2) is 31.6 Å². The lowest BCUT2D eigenvalue weighted by Crippen LogP contribution is -2.54. The molecule has 0 bridgehead atoms. The first-order valence-corrected chi connectivity index (χ1v) is 12.4. The maximum atomic E-state index is 13.3. The summed E-state index contributed by atoms with van der Waals surface area (Å²) in [5.41, 5.74) is 1.03. The molecule has 4 rings (SSSR count). The van der Waals surface area contributed by atoms with E-state index in [0.717, 1.165) is 10.5 Å². The highest BCUT2D eigenvalue weighted by Gasteiger charge is 2.37. The second kappa shape index (κ2) is 12.1. The number of nitrogens with one attached hydrogen (secondary N) is 1. The molecule has 3 aromatic carbocycles. The molecular weight excluding hydrogens is 567 g/mol. The van der Waals surface area contributed by atoms with E-state index in [1.807, 2.05) is 0 Å². The molecule has 0 saturated carbocycles. The van der Waals surface area contributed by atoms with Crippen molar-refractivity contribution in [3.05, 3.63) is 86.4 Å². The molecule has 0 spiro atoms. The third-order valence-corrected chi connectivity index (χ3v) is 6.34. The fourth-order valence-corrected chi connectivity index (χ4v) is 4.36. The molecule has 1 fully saturated rings. The summed E-state index contributed by atoms with van der Waals surface area (Å²) in [5.74, 6) is 1.58. The average molecular weight is 586 g/mol. The van der Waals surface area contributed by atoms with Crippen LogP contribution in [0.3, 0.4) is 0 Å². The van der Waals surface area contributed by atoms with Crippen molar-refractivity contribution in [1.82, 2.24) is 5.32 Å². The molecular formula is C28H19Cl3N2O6. The number of urea groups is 1. The first-order valence-electron chi connectivity index (χ1n) is 11.2. The normalized spacial score (nSPS) is 14.2. The molecule has 3 aromatic rings. The number of hydrogen-bond acceptors (Lipinski definition) is 6. The lowest BCUT2D eigenvalue weighted by atomic mass is 10.1. The predicted molar refractivity (Wildman–Crippen MR) is 149 cm³/mol. The summed E-state index contributed by atoms with van der Waals surface area (Å²) in [6.45, 7) is 0.144. The number of benzene rings is 3. The maximum absolute atomic E-state index is 13.3. The van der Waals surface area contributed by atoms with Gasteiger partial charge in [-0.1, -0.05) is 46.8 Å². The third kappa shape index (κ3) is 6.29. The van der Waals surface area contributed by atoms with Gasteiger partial charge in [-0.15, -0.1) is 6.42 Å². The number of hydrogen-bond donors (Lipinski definition) is 1. The monoisotopic (exact) mass is 584 g/mol. The van der Waals surface area contributed by atoms with Gasteiger partial charge in [0.1, 0.15) is 24.5 Å². The summed E-state index contributed by atoms with van der Waals surface area (Å²) in [6, 6.07) is 13.4. The van der Waals surface area contributed by atoms with Gasteiger partial charge in [-0.2, -0.15) is 0 Å². The van der Waals surface area contributed by atoms with Gasteiger partial charge in [0.25, 0.3) is 11.8 Å². The minimum atomic E-state index is -0.891. The molecule has 1 heterocycles. The Morgan fingerprint density at radius 3 is 2.38 bits per heavy atom. The topological polar surface area (TPSA) is 94.2 Å². The number of carbonyl (C=O) groups is 3. The van der Waals surface area contributed by atoms with E-state index in [4.69, 9.17) is 55.4 Å². The first-order chi connectivity index (χ1) is 18.7. The van der Waals surface area contributed by atoms with E-state index >= 15 is 0 Å². The van der Waals surface area contributed by atoms with Gasteiger partial charge >= 0.3 is 6.03 Å². The zero-order chi connectivity index (χ0) is 28.1. The maximum Gasteiger partial charge on any atom is 0.335 e. The van der Waals surface area contributed by atoms with Crippen molar-refractivity contribution in [2.45, 2.75) is 6.61 Å². The Bertz CT molecular complexity index is 1530. The zero-order valence-electron chi connectivity index (χ0n) is 20.3. The molecule has 4 amide bonds. The van der Waals surface area contributed by atoms with Crippen LogP contribution in [0.2, 0.25) is 15.1 Å². The zero-order valence-corrected chi connectivity index (χ0v) is 22.6. The largest absolute Gasteiger partial charge is 0.493 e. The molecule has 0 unspecified atom stereocenters. The molecule has 198 valence electrons. The van der Waals surface area contributed by atoms with Crippen LogP contribution >= 0.6 is 34.8 Å². The SMILES string of the molecule is C#CCOc1c(Cl)cc(/C=C2\C(=O)NC(=O)N(c3ccc(OCc4ccc(Cl)cc4Cl)cc3)C2=O)cc1OC. The molecule has 0 radical (unpaired) electrons. The molecule has 0 atom stereocenters. The van der Waals surface area contributed by atoms with Crippen molar-refractivity contribution in [1.29, 1.82) is 0 Å². The summed E-state index contributed by atoms with van der Waals surface area (Å²) in [7, 11) is 1.40. The van der Waals surface area contributed by atoms with Gasteiger partial charge < -0.3 is 14.2 Å². The fourth-order valence-electron chi connectivity index (χ4n) is 3.63. The summed E-state index contributed by atoms with van der Waals surface area (Å²) in [4.78, 5) is 39.3. The Balaban J connectivity index is 1.56. The van der Waals surface area contributed by atoms with Crippen LogP contribution in [0.4, 0.5) is 10.5 Å². The number of terminal acetylenes is 1. The highest BCUT2D eigenvalue weighted by molar-refractivity contribution is 6.39. The first kappa shape index (κ1) is 27.9. The number of barbiturate groups is 1. The van der Waals surface area contributed by atoms with Gasteiger partial charge in [-0.25, -0.2) is 9.69 Å². The van der Waals surface area contributed by atoms with Gasteiger partial charge in [0, 0.05) is 15.6 Å². The van der Waals surface area contributed by atoms with E-state index in [1.54, 1.807) is 30.3 Å². The van der Waals surface area contributed by atoms with E-state index < -0.39 is 17.8 Å². The number of carbonyl (C=O) groups excluding carboxylic acids is 3. The van der Waals surface area contributed by atoms with Crippen LogP contribution in [0.25, 0.3) is 6.08 Å². The second-order valence-corrected chi connectivity index (χ2v) is 9.25. The van der Waals surface area contributed by atoms with Crippen LogP contribution in [-0.2, 0) is 16.2 Å². The van der Waals surface area contributed by atoms with Crippen molar-refractivity contribution in [3.63, 3.8) is 0 Å². The van der Waals surface area contributed by atoms with Crippen LogP contribution < -0.4 is 24.4 Å². The van der Waals surface area contributed by atoms with E-state index in [0.29, 0.717) is 21.4 Å². The van der Waals surface area contributed by atoms with Crippen LogP contribution in [0.15, 0.2) is 60.2 Å². The average Bonchev–Trinajstić information content (AvgIpc) is 2.90. The van der Waals surface area contributed by atoms with Crippen LogP contribution in [0.1, 0.15) is 11.1 Å². The van der Waals surface area contributed by atoms with Crippen LogP contribution in [0.5, 0.6) is 17.2 Å². The van der Waals surface area contributed by atoms with E-state index in [2.05, 4.69) is 11.2 Å². The van der Waals surface area contributed by atoms with Gasteiger partial charge in [0.15, 0.2) is 11.5 Å². The number of amides is 4. The standard InChI is InChI=1S/C28H19Cl3N2O6/c1-3-10-38-25-23(31)12-16(13-24(25)37-2)11-21-26(34)32-28(36)33(27(21)35)19-6-8-20(9-7-19)39-15-17-4-5-18(29)14-22(17)30/h1,4-9,11-14H,10,15H2,2H3,(H,32,34,36)/b21-11+. The van der Waals surface area contributed by atoms with Crippen molar-refractivity contribution < 1.29 is 28.6 Å². The molecule has 39 heavy (non-hydrogen) atoms. The minimum Gasteiger partial charge on any atom is -0.493 e. The van der Waals surface area contributed by atoms with Crippen molar-refractivity contribution >= 4 is 64.4 Å². The summed E-state index contributed by atoms with van der Waals surface area (Å²) in [6.07, 6.45) is 6.53. The lowest BCUT2D eigenvalue weighted by Gasteiger charge is -2.26. The van der Waals surface area contributed by atoms with Gasteiger partial charge in [0.2, 0.25) is 0 Å². The smallest absolute Gasteiger partial charge is 0.335 e. The number of anilines is 1. The molecule has 11 heteroatoms. The second-order valence-electron chi connectivity index (χ2n) is 8.00. The highest BCUT2D eigenvalue weighted by Crippen LogP contribution is 2.37. The molecule has 0 aromatic heterocycles. The van der Waals surface area contributed by atoms with Crippen molar-refractivity contribution in [2.75, 3.05) is 18.6 Å². The summed E-state index contributed by atoms with van der Waals surface area (Å²) < 4.78 is 16.5. The summed E-state index contributed by atoms with van der Waals surface area (Å²) in [5, 5.41) is 3.31. The van der Waals surface area contributed by atoms with E-state index in [1.165, 1.54) is 37.5 Å². The molecule has 0 aliphatic carbocycles. The van der Waals surface area contributed by atoms with Crippen molar-refractivity contribution in [3.8, 4) is 29.6 Å². The third-order valence-electron chi connectivity index (χ3n) is 5.47. The number of methoxy groups -OCH3 is 1. The predicted octanol–water partition coefficient (Wildman–Crippen LogP) is 5.91. The number of halogens is 3. The Hall–Kier alpha value is -4.16. The summed E-state index contributed by atoms with van der Waals surface area (Å²) >= 11 is 18.4. The number of rotatable bonds is 8. The molecule has 1 aliphatic heterocycles. The number of nitrogens with zero attached hydrogens (tertiary/aromatic N) is 1. The number of ether oxygens (including phenoxy) is 3. The lowest BCUT2D eigenvalue weighted by molar-refractivity contribution is -0.122. The fraction of sp³-hybridized carbons (Fsp3) is 0.107. The molecule has 1 saturated heterocycles. The Morgan fingerprint density at radius 1 is 0.974 bits per heavy atom. The van der Waals surface area contributed by atoms with Crippen LogP contribution in [0, 0.1) is 12.3 Å². The minimum absolute atomic E-state index is 0.0345.